The molecule has 112 valence electrons. The number of para-hydroxylation sites is 2. The maximum Gasteiger partial charge on any atom is 0.0726 e. The van der Waals surface area contributed by atoms with Crippen molar-refractivity contribution in [1.29, 1.82) is 0 Å². The Morgan fingerprint density at radius 3 is 2.71 bits per heavy atom. The number of hydrogen-bond donors (Lipinski definition) is 2. The molecular formula is C16H22N4O. The molecule has 1 aromatic carbocycles. The molecule has 0 aliphatic carbocycles. The molecule has 0 unspecified atom stereocenters. The lowest BCUT2D eigenvalue weighted by Gasteiger charge is -2.37. The van der Waals surface area contributed by atoms with Crippen molar-refractivity contribution in [3.63, 3.8) is 0 Å². The Hall–Kier alpha value is -2.01. The van der Waals surface area contributed by atoms with E-state index in [4.69, 9.17) is 4.74 Å². The fraction of sp³-hybridized carbons (Fsp3) is 0.438. The van der Waals surface area contributed by atoms with Crippen molar-refractivity contribution in [3.8, 4) is 0 Å². The lowest BCUT2D eigenvalue weighted by molar-refractivity contribution is -0.00517. The number of rotatable bonds is 4. The van der Waals surface area contributed by atoms with Gasteiger partial charge in [-0.15, -0.1) is 0 Å². The van der Waals surface area contributed by atoms with Crippen LogP contribution in [0.4, 0.5) is 11.4 Å². The Kier molecular flexibility index (Phi) is 4.10. The Morgan fingerprint density at radius 1 is 1.24 bits per heavy atom. The van der Waals surface area contributed by atoms with Crippen molar-refractivity contribution in [1.82, 2.24) is 10.2 Å². The van der Waals surface area contributed by atoms with E-state index < -0.39 is 0 Å². The van der Waals surface area contributed by atoms with Gasteiger partial charge in [0.15, 0.2) is 0 Å². The molecule has 1 aliphatic rings. The molecule has 2 N–H and O–H groups in total. The molecule has 2 heterocycles. The largest absolute Gasteiger partial charge is 0.378 e. The summed E-state index contributed by atoms with van der Waals surface area (Å²) in [5.41, 5.74) is 3.46. The highest BCUT2D eigenvalue weighted by Gasteiger charge is 2.23. The number of aromatic amines is 1. The molecule has 1 saturated heterocycles. The van der Waals surface area contributed by atoms with Gasteiger partial charge in [-0.05, 0) is 32.0 Å². The van der Waals surface area contributed by atoms with E-state index >= 15 is 0 Å². The zero-order valence-corrected chi connectivity index (χ0v) is 12.5. The lowest BCUT2D eigenvalue weighted by Crippen LogP contribution is -2.45. The van der Waals surface area contributed by atoms with Crippen LogP contribution in [0.2, 0.25) is 0 Å². The van der Waals surface area contributed by atoms with Crippen LogP contribution in [0.15, 0.2) is 36.5 Å². The highest BCUT2D eigenvalue weighted by atomic mass is 16.5. The SMILES string of the molecule is C[C@H]1CN(c2ccccc2NCc2ccn[nH]2)C[C@H](C)O1. The molecule has 0 radical (unpaired) electrons. The van der Waals surface area contributed by atoms with Gasteiger partial charge in [0.2, 0.25) is 0 Å². The Morgan fingerprint density at radius 2 is 2.00 bits per heavy atom. The minimum absolute atomic E-state index is 0.259. The van der Waals surface area contributed by atoms with E-state index in [1.807, 2.05) is 6.07 Å². The van der Waals surface area contributed by atoms with Crippen molar-refractivity contribution in [3.05, 3.63) is 42.2 Å². The molecule has 1 fully saturated rings. The molecule has 2 atom stereocenters. The minimum Gasteiger partial charge on any atom is -0.378 e. The summed E-state index contributed by atoms with van der Waals surface area (Å²) in [4.78, 5) is 2.40. The number of anilines is 2. The van der Waals surface area contributed by atoms with Crippen LogP contribution in [-0.2, 0) is 11.3 Å². The van der Waals surface area contributed by atoms with E-state index in [-0.39, 0.29) is 12.2 Å². The lowest BCUT2D eigenvalue weighted by atomic mass is 10.1. The number of benzene rings is 1. The quantitative estimate of drug-likeness (QED) is 0.907. The maximum absolute atomic E-state index is 5.82. The molecule has 0 amide bonds. The van der Waals surface area contributed by atoms with Gasteiger partial charge in [-0.25, -0.2) is 0 Å². The first-order valence-electron chi connectivity index (χ1n) is 7.44. The fourth-order valence-corrected chi connectivity index (χ4v) is 2.85. The summed E-state index contributed by atoms with van der Waals surface area (Å²) in [6, 6.07) is 10.4. The number of ether oxygens (including phenoxy) is 1. The third kappa shape index (κ3) is 3.36. The average molecular weight is 286 g/mol. The first-order valence-corrected chi connectivity index (χ1v) is 7.44. The van der Waals surface area contributed by atoms with Gasteiger partial charge in [0.25, 0.3) is 0 Å². The summed E-state index contributed by atoms with van der Waals surface area (Å²) in [7, 11) is 0. The molecule has 1 aliphatic heterocycles. The zero-order chi connectivity index (χ0) is 14.7. The van der Waals surface area contributed by atoms with Crippen LogP contribution in [-0.4, -0.2) is 35.5 Å². The van der Waals surface area contributed by atoms with Crippen LogP contribution < -0.4 is 10.2 Å². The second-order valence-electron chi connectivity index (χ2n) is 5.61. The number of nitrogens with one attached hydrogen (secondary N) is 2. The van der Waals surface area contributed by atoms with Gasteiger partial charge in [0.05, 0.1) is 35.8 Å². The molecule has 0 bridgehead atoms. The summed E-state index contributed by atoms with van der Waals surface area (Å²) in [5, 5.41) is 10.4. The van der Waals surface area contributed by atoms with Crippen molar-refractivity contribution < 1.29 is 4.74 Å². The van der Waals surface area contributed by atoms with Gasteiger partial charge >= 0.3 is 0 Å². The molecule has 2 aromatic rings. The zero-order valence-electron chi connectivity index (χ0n) is 12.5. The van der Waals surface area contributed by atoms with Gasteiger partial charge in [-0.3, -0.25) is 5.10 Å². The normalized spacial score (nSPS) is 22.3. The molecule has 21 heavy (non-hydrogen) atoms. The van der Waals surface area contributed by atoms with Crippen molar-refractivity contribution >= 4 is 11.4 Å². The summed E-state index contributed by atoms with van der Waals surface area (Å²) in [5.74, 6) is 0. The maximum atomic E-state index is 5.82. The van der Waals surface area contributed by atoms with Crippen LogP contribution >= 0.6 is 0 Å². The Balaban J connectivity index is 1.75. The predicted octanol–water partition coefficient (Wildman–Crippen LogP) is 2.64. The van der Waals surface area contributed by atoms with E-state index in [0.717, 1.165) is 31.0 Å². The minimum atomic E-state index is 0.259. The van der Waals surface area contributed by atoms with E-state index in [0.29, 0.717) is 0 Å². The van der Waals surface area contributed by atoms with Gasteiger partial charge in [0.1, 0.15) is 0 Å². The molecule has 5 heteroatoms. The van der Waals surface area contributed by atoms with Gasteiger partial charge in [0, 0.05) is 19.3 Å². The van der Waals surface area contributed by atoms with Crippen LogP contribution in [0, 0.1) is 0 Å². The number of H-pyrrole nitrogens is 1. The standard InChI is InChI=1S/C16H22N4O/c1-12-10-20(11-13(2)21-12)16-6-4-3-5-15(16)17-9-14-7-8-18-19-14/h3-8,12-13,17H,9-11H2,1-2H3,(H,18,19)/t12-,13-/m0/s1. The number of nitrogens with zero attached hydrogens (tertiary/aromatic N) is 2. The molecular weight excluding hydrogens is 264 g/mol. The van der Waals surface area contributed by atoms with Crippen LogP contribution in [0.3, 0.4) is 0 Å². The molecule has 1 aromatic heterocycles. The highest BCUT2D eigenvalue weighted by Crippen LogP contribution is 2.28. The van der Waals surface area contributed by atoms with Gasteiger partial charge < -0.3 is 15.0 Å². The van der Waals surface area contributed by atoms with E-state index in [1.165, 1.54) is 5.69 Å². The topological polar surface area (TPSA) is 53.2 Å². The average Bonchev–Trinajstić information content (AvgIpc) is 2.98. The number of hydrogen-bond acceptors (Lipinski definition) is 4. The summed E-state index contributed by atoms with van der Waals surface area (Å²) >= 11 is 0. The molecule has 0 saturated carbocycles. The van der Waals surface area contributed by atoms with Gasteiger partial charge in [-0.1, -0.05) is 12.1 Å². The van der Waals surface area contributed by atoms with Crippen molar-refractivity contribution in [2.45, 2.75) is 32.6 Å². The molecule has 5 nitrogen and oxygen atoms in total. The van der Waals surface area contributed by atoms with Crippen LogP contribution in [0.5, 0.6) is 0 Å². The second kappa shape index (κ2) is 6.18. The smallest absolute Gasteiger partial charge is 0.0726 e. The summed E-state index contributed by atoms with van der Waals surface area (Å²) < 4.78 is 5.82. The third-order valence-corrected chi connectivity index (χ3v) is 3.69. The first-order chi connectivity index (χ1) is 10.2. The second-order valence-corrected chi connectivity index (χ2v) is 5.61. The Bertz CT molecular complexity index is 559. The Labute approximate surface area is 125 Å². The van der Waals surface area contributed by atoms with Crippen LogP contribution in [0.1, 0.15) is 19.5 Å². The monoisotopic (exact) mass is 286 g/mol. The van der Waals surface area contributed by atoms with E-state index in [2.05, 4.69) is 58.5 Å². The van der Waals surface area contributed by atoms with Gasteiger partial charge in [-0.2, -0.15) is 5.10 Å². The third-order valence-electron chi connectivity index (χ3n) is 3.69. The van der Waals surface area contributed by atoms with E-state index in [9.17, 15) is 0 Å². The predicted molar refractivity (Wildman–Crippen MR) is 84.6 cm³/mol. The number of aromatic nitrogens is 2. The van der Waals surface area contributed by atoms with Crippen molar-refractivity contribution in [2.75, 3.05) is 23.3 Å². The number of morpholine rings is 1. The summed E-state index contributed by atoms with van der Waals surface area (Å²) in [6.07, 6.45) is 2.29. The molecule has 3 rings (SSSR count). The summed E-state index contributed by atoms with van der Waals surface area (Å²) in [6.45, 7) is 6.85. The van der Waals surface area contributed by atoms with Crippen molar-refractivity contribution in [2.24, 2.45) is 0 Å². The highest BCUT2D eigenvalue weighted by molar-refractivity contribution is 5.70. The van der Waals surface area contributed by atoms with Crippen LogP contribution in [0.25, 0.3) is 0 Å². The first kappa shape index (κ1) is 13.9. The fourth-order valence-electron chi connectivity index (χ4n) is 2.85. The van der Waals surface area contributed by atoms with E-state index in [1.54, 1.807) is 6.20 Å². The molecule has 0 spiro atoms.